The molecule has 0 aliphatic carbocycles. The molecule has 194 valence electrons. The van der Waals surface area contributed by atoms with Gasteiger partial charge in [-0.2, -0.15) is 0 Å². The molecule has 1 aromatic heterocycles. The Morgan fingerprint density at radius 3 is 2.45 bits per heavy atom. The highest BCUT2D eigenvalue weighted by molar-refractivity contribution is 5.98. The molecule has 0 aliphatic heterocycles. The first-order chi connectivity index (χ1) is 18.3. The van der Waals surface area contributed by atoms with Crippen LogP contribution in [0.2, 0.25) is 0 Å². The fourth-order valence-electron chi connectivity index (χ4n) is 4.53. The Kier molecular flexibility index (Phi) is 6.83. The number of fused-ring (bicyclic) bond motifs is 2. The van der Waals surface area contributed by atoms with Gasteiger partial charge in [-0.3, -0.25) is 0 Å². The van der Waals surface area contributed by atoms with Gasteiger partial charge in [0.05, 0.1) is 12.1 Å². The van der Waals surface area contributed by atoms with Gasteiger partial charge in [0.1, 0.15) is 11.5 Å². The molecule has 0 aliphatic rings. The van der Waals surface area contributed by atoms with Crippen LogP contribution in [0.5, 0.6) is 17.4 Å². The Morgan fingerprint density at radius 2 is 1.63 bits per heavy atom. The van der Waals surface area contributed by atoms with E-state index in [2.05, 4.69) is 9.72 Å². The van der Waals surface area contributed by atoms with Crippen LogP contribution in [0.1, 0.15) is 12.0 Å². The molecular formula is C29H22F3NO5. The highest BCUT2D eigenvalue weighted by Crippen LogP contribution is 2.37. The number of nitrogens with one attached hydrogen (secondary N) is 1. The van der Waals surface area contributed by atoms with Gasteiger partial charge in [-0.15, -0.1) is 13.2 Å². The number of H-pyrrole nitrogens is 1. The summed E-state index contributed by atoms with van der Waals surface area (Å²) in [5.74, 6) is 0.464. The number of aryl methyl sites for hydroxylation is 1. The molecule has 38 heavy (non-hydrogen) atoms. The van der Waals surface area contributed by atoms with Gasteiger partial charge in [0, 0.05) is 21.9 Å². The second kappa shape index (κ2) is 10.4. The van der Waals surface area contributed by atoms with Crippen LogP contribution in [0.25, 0.3) is 32.8 Å². The van der Waals surface area contributed by atoms with E-state index >= 15 is 0 Å². The normalized spacial score (nSPS) is 11.6. The fourth-order valence-corrected chi connectivity index (χ4v) is 4.53. The van der Waals surface area contributed by atoms with Crippen molar-refractivity contribution in [2.45, 2.75) is 19.2 Å². The number of halogens is 3. The maximum absolute atomic E-state index is 12.7. The summed E-state index contributed by atoms with van der Waals surface area (Å²) in [6.07, 6.45) is -5.30. The summed E-state index contributed by atoms with van der Waals surface area (Å²) in [6.45, 7) is 0.379. The SMILES string of the molecule is O=C(O)Oc1[nH]c2c(-c3cccc(OC(F)(F)F)c3)cccc2c1CCCOc1cccc2ccccc12. The summed E-state index contributed by atoms with van der Waals surface area (Å²) in [4.78, 5) is 14.4. The van der Waals surface area contributed by atoms with E-state index in [9.17, 15) is 23.1 Å². The third-order valence-corrected chi connectivity index (χ3v) is 6.05. The molecule has 0 radical (unpaired) electrons. The summed E-state index contributed by atoms with van der Waals surface area (Å²) in [5, 5.41) is 12.0. The summed E-state index contributed by atoms with van der Waals surface area (Å²) < 4.78 is 53.3. The third kappa shape index (κ3) is 5.51. The Balaban J connectivity index is 1.41. The van der Waals surface area contributed by atoms with Crippen molar-refractivity contribution in [3.8, 4) is 28.5 Å². The Hall–Kier alpha value is -4.66. The minimum atomic E-state index is -4.82. The largest absolute Gasteiger partial charge is 0.573 e. The molecule has 6 nitrogen and oxygen atoms in total. The molecule has 5 rings (SSSR count). The Labute approximate surface area is 215 Å². The Morgan fingerprint density at radius 1 is 0.895 bits per heavy atom. The van der Waals surface area contributed by atoms with Gasteiger partial charge < -0.3 is 24.3 Å². The second-order valence-corrected chi connectivity index (χ2v) is 8.53. The van der Waals surface area contributed by atoms with Crippen molar-refractivity contribution < 1.29 is 37.3 Å². The molecule has 0 bridgehead atoms. The van der Waals surface area contributed by atoms with Crippen molar-refractivity contribution >= 4 is 27.8 Å². The zero-order valence-electron chi connectivity index (χ0n) is 19.9. The van der Waals surface area contributed by atoms with Crippen molar-refractivity contribution in [3.05, 3.63) is 90.5 Å². The number of hydrogen-bond acceptors (Lipinski definition) is 4. The minimum Gasteiger partial charge on any atom is -0.493 e. The summed E-state index contributed by atoms with van der Waals surface area (Å²) in [6, 6.07) is 24.6. The predicted molar refractivity (Wildman–Crippen MR) is 137 cm³/mol. The molecule has 5 aromatic rings. The third-order valence-electron chi connectivity index (χ3n) is 6.05. The van der Waals surface area contributed by atoms with Crippen LogP contribution >= 0.6 is 0 Å². The van der Waals surface area contributed by atoms with E-state index in [1.807, 2.05) is 42.5 Å². The van der Waals surface area contributed by atoms with Crippen molar-refractivity contribution in [1.82, 2.24) is 4.98 Å². The zero-order valence-corrected chi connectivity index (χ0v) is 19.9. The number of hydrogen-bond donors (Lipinski definition) is 2. The number of ether oxygens (including phenoxy) is 3. The first-order valence-corrected chi connectivity index (χ1v) is 11.8. The molecule has 0 saturated heterocycles. The van der Waals surface area contributed by atoms with Gasteiger partial charge in [0.25, 0.3) is 0 Å². The van der Waals surface area contributed by atoms with E-state index in [1.165, 1.54) is 18.2 Å². The number of carboxylic acid groups (broad SMARTS) is 1. The van der Waals surface area contributed by atoms with Gasteiger partial charge in [0.15, 0.2) is 0 Å². The highest BCUT2D eigenvalue weighted by atomic mass is 19.4. The summed E-state index contributed by atoms with van der Waals surface area (Å²) in [5.41, 5.74) is 2.21. The van der Waals surface area contributed by atoms with E-state index in [-0.39, 0.29) is 11.6 Å². The molecule has 1 heterocycles. The number of benzene rings is 4. The van der Waals surface area contributed by atoms with Crippen LogP contribution in [-0.4, -0.2) is 29.2 Å². The topological polar surface area (TPSA) is 80.8 Å². The number of alkyl halides is 3. The fraction of sp³-hybridized carbons (Fsp3) is 0.138. The van der Waals surface area contributed by atoms with E-state index in [4.69, 9.17) is 9.47 Å². The predicted octanol–water partition coefficient (Wildman–Crippen LogP) is 7.96. The van der Waals surface area contributed by atoms with Crippen LogP contribution in [0.4, 0.5) is 18.0 Å². The van der Waals surface area contributed by atoms with Crippen LogP contribution in [0.3, 0.4) is 0 Å². The molecule has 2 N–H and O–H groups in total. The maximum Gasteiger partial charge on any atom is 0.573 e. The number of aromatic amines is 1. The molecule has 9 heteroatoms. The van der Waals surface area contributed by atoms with Crippen LogP contribution < -0.4 is 14.2 Å². The summed E-state index contributed by atoms with van der Waals surface area (Å²) in [7, 11) is 0. The molecule has 0 saturated carbocycles. The number of aromatic nitrogens is 1. The monoisotopic (exact) mass is 521 g/mol. The first-order valence-electron chi connectivity index (χ1n) is 11.8. The molecule has 4 aromatic carbocycles. The second-order valence-electron chi connectivity index (χ2n) is 8.53. The maximum atomic E-state index is 12.7. The van der Waals surface area contributed by atoms with Gasteiger partial charge in [-0.1, -0.05) is 66.7 Å². The zero-order chi connectivity index (χ0) is 26.7. The molecule has 0 spiro atoms. The standard InChI is InChI=1S/C29H22F3NO5/c30-29(31,32)38-20-10-3-9-19(17-20)22-12-5-13-23-24(27(33-26(22)23)37-28(34)35)14-6-16-36-25-15-4-8-18-7-1-2-11-21(18)25/h1-5,7-13,15,17,33H,6,14,16H2,(H,34,35). The molecule has 0 atom stereocenters. The molecule has 0 unspecified atom stereocenters. The number of carbonyl (C=O) groups is 1. The van der Waals surface area contributed by atoms with Crippen molar-refractivity contribution in [1.29, 1.82) is 0 Å². The van der Waals surface area contributed by atoms with E-state index < -0.39 is 12.5 Å². The molecule has 0 amide bonds. The average Bonchev–Trinajstić information content (AvgIpc) is 3.22. The molecular weight excluding hydrogens is 499 g/mol. The van der Waals surface area contributed by atoms with E-state index in [1.54, 1.807) is 24.3 Å². The van der Waals surface area contributed by atoms with Gasteiger partial charge in [0.2, 0.25) is 5.88 Å². The number of rotatable bonds is 8. The molecule has 0 fully saturated rings. The minimum absolute atomic E-state index is 0.0628. The Bertz CT molecular complexity index is 1600. The van der Waals surface area contributed by atoms with Gasteiger partial charge in [-0.05, 0) is 42.0 Å². The average molecular weight is 521 g/mol. The number of para-hydroxylation sites is 1. The first kappa shape index (κ1) is 25.0. The smallest absolute Gasteiger partial charge is 0.493 e. The van der Waals surface area contributed by atoms with Crippen molar-refractivity contribution in [3.63, 3.8) is 0 Å². The van der Waals surface area contributed by atoms with E-state index in [0.717, 1.165) is 16.5 Å². The van der Waals surface area contributed by atoms with Crippen LogP contribution in [0.15, 0.2) is 84.9 Å². The lowest BCUT2D eigenvalue weighted by molar-refractivity contribution is -0.274. The van der Waals surface area contributed by atoms with Crippen molar-refractivity contribution in [2.75, 3.05) is 6.61 Å². The van der Waals surface area contributed by atoms with Crippen LogP contribution in [0, 0.1) is 0 Å². The lowest BCUT2D eigenvalue weighted by Crippen LogP contribution is -2.17. The lowest BCUT2D eigenvalue weighted by atomic mass is 10.0. The highest BCUT2D eigenvalue weighted by Gasteiger charge is 2.31. The quantitative estimate of drug-likeness (QED) is 0.160. The lowest BCUT2D eigenvalue weighted by Gasteiger charge is -2.11. The van der Waals surface area contributed by atoms with Gasteiger partial charge in [-0.25, -0.2) is 4.79 Å². The summed E-state index contributed by atoms with van der Waals surface area (Å²) >= 11 is 0. The van der Waals surface area contributed by atoms with Crippen LogP contribution in [-0.2, 0) is 6.42 Å². The van der Waals surface area contributed by atoms with Crippen molar-refractivity contribution in [2.24, 2.45) is 0 Å². The van der Waals surface area contributed by atoms with Gasteiger partial charge >= 0.3 is 12.5 Å². The van der Waals surface area contributed by atoms with E-state index in [0.29, 0.717) is 47.0 Å².